The number of hydrogen-bond donors (Lipinski definition) is 2. The van der Waals surface area contributed by atoms with Gasteiger partial charge in [0.15, 0.2) is 0 Å². The number of nitrogens with zero attached hydrogens (tertiary/aromatic N) is 2. The molecular formula is C35H44F3N3O4. The molecule has 0 saturated heterocycles. The zero-order chi connectivity index (χ0) is 33.7. The van der Waals surface area contributed by atoms with Gasteiger partial charge in [-0.25, -0.2) is 13.2 Å². The van der Waals surface area contributed by atoms with E-state index in [1.165, 1.54) is 12.3 Å². The van der Waals surface area contributed by atoms with Gasteiger partial charge in [0, 0.05) is 18.3 Å². The van der Waals surface area contributed by atoms with Crippen molar-refractivity contribution in [2.75, 3.05) is 20.6 Å². The summed E-state index contributed by atoms with van der Waals surface area (Å²) in [4.78, 5) is 41.1. The summed E-state index contributed by atoms with van der Waals surface area (Å²) in [6.45, 7) is 11.6. The number of hydrogen-bond acceptors (Lipinski definition) is 4. The second-order valence-corrected chi connectivity index (χ2v) is 12.6. The Hall–Kier alpha value is -3.92. The molecule has 1 heterocycles. The van der Waals surface area contributed by atoms with E-state index >= 15 is 4.39 Å². The first kappa shape index (κ1) is 35.6. The van der Waals surface area contributed by atoms with Crippen molar-refractivity contribution in [3.05, 3.63) is 91.6 Å². The molecule has 0 aliphatic rings. The van der Waals surface area contributed by atoms with Crippen LogP contribution in [0.2, 0.25) is 0 Å². The van der Waals surface area contributed by atoms with E-state index in [2.05, 4.69) is 5.32 Å². The van der Waals surface area contributed by atoms with E-state index in [4.69, 9.17) is 0 Å². The molecule has 1 unspecified atom stereocenters. The maximum atomic E-state index is 15.8. The minimum atomic E-state index is -3.06. The number of carboxylic acid groups (broad SMARTS) is 1. The van der Waals surface area contributed by atoms with E-state index in [0.717, 1.165) is 26.8 Å². The number of benzene rings is 2. The summed E-state index contributed by atoms with van der Waals surface area (Å²) < 4.78 is 44.8. The number of aliphatic carboxylic acids is 1. The first-order valence-corrected chi connectivity index (χ1v) is 15.1. The minimum Gasteiger partial charge on any atom is -0.481 e. The van der Waals surface area contributed by atoms with E-state index in [1.807, 2.05) is 65.7 Å². The Labute approximate surface area is 263 Å². The monoisotopic (exact) mass is 627 g/mol. The first-order chi connectivity index (χ1) is 21.0. The summed E-state index contributed by atoms with van der Waals surface area (Å²) in [6.07, 6.45) is -1.80. The highest BCUT2D eigenvalue weighted by molar-refractivity contribution is 5.82. The number of carbonyl (C=O) groups excluding carboxylic acids is 1. The third kappa shape index (κ3) is 8.84. The lowest BCUT2D eigenvalue weighted by Gasteiger charge is -2.27. The van der Waals surface area contributed by atoms with Crippen LogP contribution in [-0.2, 0) is 16.0 Å². The van der Waals surface area contributed by atoms with E-state index < -0.39 is 53.7 Å². The van der Waals surface area contributed by atoms with Crippen LogP contribution in [0.3, 0.4) is 0 Å². The van der Waals surface area contributed by atoms with Gasteiger partial charge in [-0.15, -0.1) is 0 Å². The van der Waals surface area contributed by atoms with Crippen LogP contribution in [0.15, 0.2) is 41.3 Å². The van der Waals surface area contributed by atoms with Gasteiger partial charge in [-0.2, -0.15) is 0 Å². The fraction of sp³-hybridized carbons (Fsp3) is 0.457. The van der Waals surface area contributed by atoms with Crippen molar-refractivity contribution >= 4 is 11.9 Å². The topological polar surface area (TPSA) is 91.6 Å². The largest absolute Gasteiger partial charge is 0.481 e. The molecule has 0 aliphatic heterocycles. The highest BCUT2D eigenvalue weighted by Crippen LogP contribution is 2.34. The minimum absolute atomic E-state index is 0.0104. The average Bonchev–Trinajstić information content (AvgIpc) is 2.91. The molecule has 45 heavy (non-hydrogen) atoms. The standard InChI is InChI=1S/C35H44F3N3O4/c1-19(2)11-29(41-18-24(9-10-40(7)8)15-27(33(37)38)35(41)45)34(44)39-28(17-30(42)43)26-16-25(14-23(6)32(26)36)31-21(4)12-20(3)13-22(31)5/h12-16,18-19,28-29,33H,9-11,17H2,1-8H3,(H,39,44)(H,42,43)/t28-,29?/m0/s1. The first-order valence-electron chi connectivity index (χ1n) is 15.1. The molecule has 0 saturated carbocycles. The van der Waals surface area contributed by atoms with Gasteiger partial charge >= 0.3 is 5.97 Å². The van der Waals surface area contributed by atoms with Crippen LogP contribution in [0.1, 0.15) is 84.1 Å². The molecule has 244 valence electrons. The average molecular weight is 628 g/mol. The number of likely N-dealkylation sites (N-methyl/N-ethyl adjacent to an activating group) is 1. The molecular weight excluding hydrogens is 583 g/mol. The zero-order valence-corrected chi connectivity index (χ0v) is 27.3. The highest BCUT2D eigenvalue weighted by Gasteiger charge is 2.30. The lowest BCUT2D eigenvalue weighted by atomic mass is 9.89. The second-order valence-electron chi connectivity index (χ2n) is 12.6. The van der Waals surface area contributed by atoms with Crippen LogP contribution < -0.4 is 10.9 Å². The third-order valence-corrected chi connectivity index (χ3v) is 7.86. The summed E-state index contributed by atoms with van der Waals surface area (Å²) in [5, 5.41) is 12.5. The lowest BCUT2D eigenvalue weighted by Crippen LogP contribution is -2.41. The smallest absolute Gasteiger partial charge is 0.305 e. The molecule has 3 rings (SSSR count). The number of aryl methyl sites for hydroxylation is 4. The van der Waals surface area contributed by atoms with Gasteiger partial charge in [-0.1, -0.05) is 31.5 Å². The van der Waals surface area contributed by atoms with Crippen molar-refractivity contribution in [2.24, 2.45) is 5.92 Å². The number of carbonyl (C=O) groups is 2. The van der Waals surface area contributed by atoms with Crippen molar-refractivity contribution in [2.45, 2.75) is 79.3 Å². The number of rotatable bonds is 13. The van der Waals surface area contributed by atoms with Crippen molar-refractivity contribution in [1.29, 1.82) is 0 Å². The van der Waals surface area contributed by atoms with Gasteiger partial charge in [-0.3, -0.25) is 14.4 Å². The molecule has 2 N–H and O–H groups in total. The predicted octanol–water partition coefficient (Wildman–Crippen LogP) is 6.85. The molecule has 2 aromatic carbocycles. The van der Waals surface area contributed by atoms with Crippen LogP contribution in [0, 0.1) is 39.4 Å². The van der Waals surface area contributed by atoms with E-state index in [1.54, 1.807) is 19.1 Å². The Kier molecular flexibility index (Phi) is 11.8. The predicted molar refractivity (Wildman–Crippen MR) is 170 cm³/mol. The molecule has 1 aromatic heterocycles. The number of alkyl halides is 2. The summed E-state index contributed by atoms with van der Waals surface area (Å²) in [7, 11) is 3.66. The Morgan fingerprint density at radius 1 is 0.956 bits per heavy atom. The van der Waals surface area contributed by atoms with Gasteiger partial charge in [0.2, 0.25) is 5.91 Å². The van der Waals surface area contributed by atoms with Gasteiger partial charge in [0.1, 0.15) is 11.9 Å². The normalized spacial score (nSPS) is 13.0. The quantitative estimate of drug-likeness (QED) is 0.216. The molecule has 0 fully saturated rings. The van der Waals surface area contributed by atoms with Crippen LogP contribution in [0.5, 0.6) is 0 Å². The Morgan fingerprint density at radius 2 is 1.58 bits per heavy atom. The molecule has 3 aromatic rings. The van der Waals surface area contributed by atoms with Crippen LogP contribution in [0.25, 0.3) is 11.1 Å². The molecule has 7 nitrogen and oxygen atoms in total. The molecule has 10 heteroatoms. The van der Waals surface area contributed by atoms with E-state index in [9.17, 15) is 28.3 Å². The van der Waals surface area contributed by atoms with Gasteiger partial charge in [0.25, 0.3) is 12.0 Å². The molecule has 0 aliphatic carbocycles. The van der Waals surface area contributed by atoms with Gasteiger partial charge < -0.3 is 19.9 Å². The van der Waals surface area contributed by atoms with Gasteiger partial charge in [0.05, 0.1) is 18.0 Å². The number of aromatic nitrogens is 1. The lowest BCUT2D eigenvalue weighted by molar-refractivity contribution is -0.138. The molecule has 1 amide bonds. The Bertz CT molecular complexity index is 1590. The third-order valence-electron chi connectivity index (χ3n) is 7.86. The number of pyridine rings is 1. The van der Waals surface area contributed by atoms with Gasteiger partial charge in [-0.05, 0) is 112 Å². The van der Waals surface area contributed by atoms with E-state index in [0.29, 0.717) is 24.1 Å². The highest BCUT2D eigenvalue weighted by atomic mass is 19.3. The number of amides is 1. The second kappa shape index (κ2) is 14.9. The Balaban J connectivity index is 2.15. The molecule has 0 spiro atoms. The van der Waals surface area contributed by atoms with Crippen LogP contribution in [0.4, 0.5) is 13.2 Å². The van der Waals surface area contributed by atoms with Crippen molar-refractivity contribution in [3.63, 3.8) is 0 Å². The zero-order valence-electron chi connectivity index (χ0n) is 27.3. The summed E-state index contributed by atoms with van der Waals surface area (Å²) in [5.41, 5.74) is 3.55. The van der Waals surface area contributed by atoms with Crippen LogP contribution in [-0.4, -0.2) is 47.1 Å². The summed E-state index contributed by atoms with van der Waals surface area (Å²) >= 11 is 0. The molecule has 0 bridgehead atoms. The number of nitrogens with one attached hydrogen (secondary N) is 1. The van der Waals surface area contributed by atoms with E-state index in [-0.39, 0.29) is 23.5 Å². The maximum absolute atomic E-state index is 15.8. The number of halogens is 3. The fourth-order valence-electron chi connectivity index (χ4n) is 5.87. The fourth-order valence-corrected chi connectivity index (χ4v) is 5.87. The van der Waals surface area contributed by atoms with Crippen LogP contribution >= 0.6 is 0 Å². The Morgan fingerprint density at radius 3 is 2.11 bits per heavy atom. The summed E-state index contributed by atoms with van der Waals surface area (Å²) in [6, 6.07) is 5.90. The maximum Gasteiger partial charge on any atom is 0.305 e. The molecule has 2 atom stereocenters. The van der Waals surface area contributed by atoms with Crippen molar-refractivity contribution < 1.29 is 27.9 Å². The molecule has 0 radical (unpaired) electrons. The van der Waals surface area contributed by atoms with Crippen molar-refractivity contribution in [3.8, 4) is 11.1 Å². The number of carboxylic acids is 1. The van der Waals surface area contributed by atoms with Crippen molar-refractivity contribution in [1.82, 2.24) is 14.8 Å². The SMILES string of the molecule is Cc1cc(C)c(-c2cc(C)c(F)c([C@H](CC(=O)O)NC(=O)C(CC(C)C)n3cc(CCN(C)C)cc(C(F)F)c3=O)c2)c(C)c1. The summed E-state index contributed by atoms with van der Waals surface area (Å²) in [5.74, 6) is -2.82.